The number of benzene rings is 1. The molecular formula is C16H23BF2O3. The highest BCUT2D eigenvalue weighted by Gasteiger charge is 2.52. The number of hydrogen-bond donors (Lipinski definition) is 0. The van der Waals surface area contributed by atoms with Gasteiger partial charge in [-0.05, 0) is 40.2 Å². The van der Waals surface area contributed by atoms with Crippen LogP contribution in [0.15, 0.2) is 18.2 Å². The van der Waals surface area contributed by atoms with Crippen molar-refractivity contribution in [1.29, 1.82) is 0 Å². The quantitative estimate of drug-likeness (QED) is 0.776. The highest BCUT2D eigenvalue weighted by molar-refractivity contribution is 6.63. The lowest BCUT2D eigenvalue weighted by Crippen LogP contribution is -2.41. The van der Waals surface area contributed by atoms with Crippen LogP contribution in [0.2, 0.25) is 0 Å². The van der Waals surface area contributed by atoms with Crippen molar-refractivity contribution < 1.29 is 22.8 Å². The summed E-state index contributed by atoms with van der Waals surface area (Å²) in [5.41, 5.74) is -0.384. The van der Waals surface area contributed by atoms with E-state index in [4.69, 9.17) is 14.0 Å². The Balaban J connectivity index is 2.34. The molecule has 2 rings (SSSR count). The van der Waals surface area contributed by atoms with Gasteiger partial charge in [0.2, 0.25) is 0 Å². The molecule has 6 heteroatoms. The zero-order chi connectivity index (χ0) is 16.5. The van der Waals surface area contributed by atoms with Crippen molar-refractivity contribution in [3.8, 4) is 5.75 Å². The molecular weight excluding hydrogens is 289 g/mol. The van der Waals surface area contributed by atoms with Gasteiger partial charge in [-0.2, -0.15) is 0 Å². The zero-order valence-corrected chi connectivity index (χ0v) is 13.8. The van der Waals surface area contributed by atoms with Crippen molar-refractivity contribution in [2.75, 3.05) is 6.61 Å². The largest absolute Gasteiger partial charge is 0.498 e. The first kappa shape index (κ1) is 17.2. The minimum Gasteiger partial charge on any atom is -0.494 e. The Kier molecular flexibility index (Phi) is 4.83. The van der Waals surface area contributed by atoms with Gasteiger partial charge in [0, 0.05) is 11.0 Å². The molecule has 1 saturated heterocycles. The fourth-order valence-electron chi connectivity index (χ4n) is 2.19. The molecule has 3 nitrogen and oxygen atoms in total. The monoisotopic (exact) mass is 312 g/mol. The number of ether oxygens (including phenoxy) is 1. The maximum atomic E-state index is 12.9. The summed E-state index contributed by atoms with van der Waals surface area (Å²) in [7, 11) is -0.622. The fraction of sp³-hybridized carbons (Fsp3) is 0.625. The van der Waals surface area contributed by atoms with Gasteiger partial charge in [-0.3, -0.25) is 0 Å². The van der Waals surface area contributed by atoms with Crippen molar-refractivity contribution in [2.45, 2.75) is 58.7 Å². The Morgan fingerprint density at radius 1 is 1.14 bits per heavy atom. The van der Waals surface area contributed by atoms with Gasteiger partial charge in [0.15, 0.2) is 0 Å². The molecule has 0 radical (unpaired) electrons. The van der Waals surface area contributed by atoms with Crippen LogP contribution in [0.4, 0.5) is 8.78 Å². The Labute approximate surface area is 131 Å². The standard InChI is InChI=1S/C16H23BF2O3/c1-6-9-20-13-10-11(14(18)19)7-8-12(13)17-21-15(2,3)16(4,5)22-17/h7-8,10,14H,6,9H2,1-5H3. The molecule has 0 saturated carbocycles. The zero-order valence-electron chi connectivity index (χ0n) is 13.8. The second kappa shape index (κ2) is 6.16. The van der Waals surface area contributed by atoms with E-state index in [9.17, 15) is 8.78 Å². The third-order valence-electron chi connectivity index (χ3n) is 4.26. The minimum atomic E-state index is -2.53. The van der Waals surface area contributed by atoms with Crippen molar-refractivity contribution in [3.63, 3.8) is 0 Å². The minimum absolute atomic E-state index is 0.0635. The van der Waals surface area contributed by atoms with E-state index in [0.29, 0.717) is 17.8 Å². The summed E-state index contributed by atoms with van der Waals surface area (Å²) in [6.07, 6.45) is -1.74. The van der Waals surface area contributed by atoms with Crippen molar-refractivity contribution >= 4 is 12.6 Å². The van der Waals surface area contributed by atoms with Crippen LogP contribution in [0.5, 0.6) is 5.75 Å². The van der Waals surface area contributed by atoms with E-state index >= 15 is 0 Å². The Morgan fingerprint density at radius 2 is 1.73 bits per heavy atom. The van der Waals surface area contributed by atoms with Gasteiger partial charge < -0.3 is 14.0 Å². The topological polar surface area (TPSA) is 27.7 Å². The first-order chi connectivity index (χ1) is 10.2. The van der Waals surface area contributed by atoms with Crippen LogP contribution in [0.25, 0.3) is 0 Å². The fourth-order valence-corrected chi connectivity index (χ4v) is 2.19. The lowest BCUT2D eigenvalue weighted by molar-refractivity contribution is 0.00578. The maximum Gasteiger partial charge on any atom is 0.498 e. The van der Waals surface area contributed by atoms with Crippen molar-refractivity contribution in [1.82, 2.24) is 0 Å². The molecule has 1 aliphatic heterocycles. The van der Waals surface area contributed by atoms with Gasteiger partial charge in [0.25, 0.3) is 6.43 Å². The SMILES string of the molecule is CCCOc1cc(C(F)F)ccc1B1OC(C)(C)C(C)(C)O1. The molecule has 0 aliphatic carbocycles. The van der Waals surface area contributed by atoms with Crippen LogP contribution in [-0.2, 0) is 9.31 Å². The highest BCUT2D eigenvalue weighted by Crippen LogP contribution is 2.37. The summed E-state index contributed by atoms with van der Waals surface area (Å²) in [4.78, 5) is 0. The van der Waals surface area contributed by atoms with Crippen LogP contribution >= 0.6 is 0 Å². The average molecular weight is 312 g/mol. The van der Waals surface area contributed by atoms with Crippen LogP contribution in [0.1, 0.15) is 53.0 Å². The van der Waals surface area contributed by atoms with E-state index in [1.165, 1.54) is 12.1 Å². The lowest BCUT2D eigenvalue weighted by atomic mass is 9.78. The highest BCUT2D eigenvalue weighted by atomic mass is 19.3. The normalized spacial score (nSPS) is 19.7. The van der Waals surface area contributed by atoms with Gasteiger partial charge >= 0.3 is 7.12 Å². The van der Waals surface area contributed by atoms with Crippen molar-refractivity contribution in [3.05, 3.63) is 23.8 Å². The molecule has 0 bridgehead atoms. The summed E-state index contributed by atoms with van der Waals surface area (Å²) in [5, 5.41) is 0. The molecule has 0 unspecified atom stereocenters. The summed E-state index contributed by atoms with van der Waals surface area (Å²) in [6, 6.07) is 4.37. The van der Waals surface area contributed by atoms with Gasteiger partial charge in [0.1, 0.15) is 5.75 Å². The molecule has 0 atom stereocenters. The van der Waals surface area contributed by atoms with E-state index in [-0.39, 0.29) is 5.56 Å². The molecule has 1 aromatic carbocycles. The van der Waals surface area contributed by atoms with E-state index < -0.39 is 24.7 Å². The molecule has 1 aromatic rings. The van der Waals surface area contributed by atoms with Gasteiger partial charge in [-0.1, -0.05) is 19.1 Å². The lowest BCUT2D eigenvalue weighted by Gasteiger charge is -2.32. The summed E-state index contributed by atoms with van der Waals surface area (Å²) in [5.74, 6) is 0.401. The maximum absolute atomic E-state index is 12.9. The van der Waals surface area contributed by atoms with Crippen LogP contribution < -0.4 is 10.2 Å². The molecule has 22 heavy (non-hydrogen) atoms. The third kappa shape index (κ3) is 3.28. The summed E-state index contributed by atoms with van der Waals surface area (Å²) in [6.45, 7) is 10.2. The van der Waals surface area contributed by atoms with Crippen LogP contribution in [0, 0.1) is 0 Å². The molecule has 0 aromatic heterocycles. The third-order valence-corrected chi connectivity index (χ3v) is 4.26. The Hall–Kier alpha value is -1.14. The molecule has 0 amide bonds. The second-order valence-corrected chi connectivity index (χ2v) is 6.53. The van der Waals surface area contributed by atoms with Crippen LogP contribution in [-0.4, -0.2) is 24.9 Å². The Bertz CT molecular complexity index is 516. The molecule has 1 heterocycles. The molecule has 0 spiro atoms. The number of alkyl halides is 2. The summed E-state index contributed by atoms with van der Waals surface area (Å²) >= 11 is 0. The molecule has 1 fully saturated rings. The van der Waals surface area contributed by atoms with E-state index in [0.717, 1.165) is 6.42 Å². The van der Waals surface area contributed by atoms with E-state index in [1.807, 2.05) is 34.6 Å². The smallest absolute Gasteiger partial charge is 0.494 e. The van der Waals surface area contributed by atoms with Gasteiger partial charge in [-0.15, -0.1) is 0 Å². The predicted molar refractivity (Wildman–Crippen MR) is 82.9 cm³/mol. The first-order valence-corrected chi connectivity index (χ1v) is 7.58. The average Bonchev–Trinajstić information content (AvgIpc) is 2.64. The number of halogens is 2. The second-order valence-electron chi connectivity index (χ2n) is 6.53. The molecule has 122 valence electrons. The molecule has 1 aliphatic rings. The van der Waals surface area contributed by atoms with Gasteiger partial charge in [-0.25, -0.2) is 8.78 Å². The predicted octanol–water partition coefficient (Wildman–Crippen LogP) is 3.71. The Morgan fingerprint density at radius 3 is 2.23 bits per heavy atom. The molecule has 0 N–H and O–H groups in total. The van der Waals surface area contributed by atoms with Crippen molar-refractivity contribution in [2.24, 2.45) is 0 Å². The first-order valence-electron chi connectivity index (χ1n) is 7.58. The summed E-state index contributed by atoms with van der Waals surface area (Å²) < 4.78 is 43.4. The van der Waals surface area contributed by atoms with Crippen LogP contribution in [0.3, 0.4) is 0 Å². The van der Waals surface area contributed by atoms with Gasteiger partial charge in [0.05, 0.1) is 17.8 Å². The van der Waals surface area contributed by atoms with E-state index in [2.05, 4.69) is 0 Å². The van der Waals surface area contributed by atoms with E-state index in [1.54, 1.807) is 6.07 Å². The number of hydrogen-bond acceptors (Lipinski definition) is 3. The number of rotatable bonds is 5.